The maximum Gasteiger partial charge on any atom is 0.273 e. The number of hydrogen-bond acceptors (Lipinski definition) is 7. The van der Waals surface area contributed by atoms with Crippen molar-refractivity contribution in [2.45, 2.75) is 33.6 Å². The molecule has 2 aromatic carbocycles. The molecular formula is C27H34ClN5O3. The molecule has 0 saturated carbocycles. The first-order valence-electron chi connectivity index (χ1n) is 11.5. The zero-order chi connectivity index (χ0) is 26.7. The molecule has 0 unspecified atom stereocenters. The predicted octanol–water partition coefficient (Wildman–Crippen LogP) is 4.59. The molecule has 0 aliphatic carbocycles. The van der Waals surface area contributed by atoms with Crippen molar-refractivity contribution in [3.05, 3.63) is 70.5 Å². The van der Waals surface area contributed by atoms with Gasteiger partial charge in [-0.05, 0) is 49.1 Å². The number of nitrogens with two attached hydrogens (primary N) is 1. The second kappa shape index (κ2) is 13.4. The third kappa shape index (κ3) is 8.53. The number of aldehydes is 1. The largest absolute Gasteiger partial charge is 0.496 e. The Balaban J connectivity index is 0.000000269. The lowest BCUT2D eigenvalue weighted by Gasteiger charge is -2.20. The Bertz CT molecular complexity index is 1160. The van der Waals surface area contributed by atoms with Gasteiger partial charge in [0.1, 0.15) is 17.7 Å². The van der Waals surface area contributed by atoms with Gasteiger partial charge >= 0.3 is 0 Å². The van der Waals surface area contributed by atoms with Gasteiger partial charge in [-0.3, -0.25) is 9.79 Å². The fourth-order valence-electron chi connectivity index (χ4n) is 3.36. The number of benzene rings is 2. The molecular weight excluding hydrogens is 478 g/mol. The normalized spacial score (nSPS) is 13.4. The minimum absolute atomic E-state index is 0.0933. The van der Waals surface area contributed by atoms with Crippen LogP contribution in [0.1, 0.15) is 39.2 Å². The van der Waals surface area contributed by atoms with E-state index in [0.29, 0.717) is 35.3 Å². The maximum atomic E-state index is 11.6. The first kappa shape index (κ1) is 28.6. The predicted molar refractivity (Wildman–Crippen MR) is 147 cm³/mol. The second-order valence-corrected chi connectivity index (χ2v) is 9.42. The van der Waals surface area contributed by atoms with Crippen molar-refractivity contribution in [1.82, 2.24) is 5.32 Å². The second-order valence-electron chi connectivity index (χ2n) is 8.98. The quantitative estimate of drug-likeness (QED) is 0.336. The van der Waals surface area contributed by atoms with Crippen LogP contribution in [0.2, 0.25) is 5.02 Å². The van der Waals surface area contributed by atoms with Crippen LogP contribution < -0.4 is 21.1 Å². The van der Waals surface area contributed by atoms with Gasteiger partial charge in [-0.25, -0.2) is 4.99 Å². The molecule has 1 aliphatic rings. The number of ether oxygens (including phenoxy) is 1. The number of halogens is 1. The summed E-state index contributed by atoms with van der Waals surface area (Å²) in [6, 6.07) is 14.6. The summed E-state index contributed by atoms with van der Waals surface area (Å²) in [5.41, 5.74) is 8.90. The molecule has 0 spiro atoms. The molecule has 0 atom stereocenters. The number of carbonyl (C=O) groups excluding carboxylic acids is 2. The van der Waals surface area contributed by atoms with E-state index in [-0.39, 0.29) is 17.0 Å². The molecule has 0 bridgehead atoms. The Labute approximate surface area is 217 Å². The van der Waals surface area contributed by atoms with E-state index >= 15 is 0 Å². The number of anilines is 1. The van der Waals surface area contributed by atoms with Crippen LogP contribution in [0, 0.1) is 5.41 Å². The fourth-order valence-corrected chi connectivity index (χ4v) is 3.53. The van der Waals surface area contributed by atoms with Crippen molar-refractivity contribution in [1.29, 1.82) is 0 Å². The number of methoxy groups -OCH3 is 1. The van der Waals surface area contributed by atoms with E-state index in [1.165, 1.54) is 0 Å². The van der Waals surface area contributed by atoms with Gasteiger partial charge in [0.05, 0.1) is 19.2 Å². The zero-order valence-corrected chi connectivity index (χ0v) is 22.1. The fraction of sp³-hybridized carbons (Fsp3) is 0.333. The van der Waals surface area contributed by atoms with Gasteiger partial charge in [-0.15, -0.1) is 0 Å². The Hall–Kier alpha value is -3.65. The highest BCUT2D eigenvalue weighted by molar-refractivity contribution is 6.31. The first-order chi connectivity index (χ1) is 17.1. The van der Waals surface area contributed by atoms with Crippen molar-refractivity contribution < 1.29 is 14.3 Å². The van der Waals surface area contributed by atoms with Gasteiger partial charge in [0.15, 0.2) is 5.84 Å². The van der Waals surface area contributed by atoms with Crippen LogP contribution in [0.4, 0.5) is 5.69 Å². The molecule has 0 saturated heterocycles. The summed E-state index contributed by atoms with van der Waals surface area (Å²) in [4.78, 5) is 31.3. The molecule has 1 heterocycles. The molecule has 0 radical (unpaired) electrons. The Morgan fingerprint density at radius 1 is 1.22 bits per heavy atom. The number of hydrogen-bond donors (Lipinski definition) is 3. The lowest BCUT2D eigenvalue weighted by Crippen LogP contribution is -2.24. The van der Waals surface area contributed by atoms with E-state index < -0.39 is 0 Å². The molecule has 1 amide bonds. The topological polar surface area (TPSA) is 118 Å². The number of carbonyl (C=O) groups is 2. The van der Waals surface area contributed by atoms with Gasteiger partial charge in [-0.2, -0.15) is 0 Å². The minimum Gasteiger partial charge on any atom is -0.496 e. The van der Waals surface area contributed by atoms with Crippen LogP contribution in [-0.2, 0) is 9.59 Å². The Morgan fingerprint density at radius 2 is 1.92 bits per heavy atom. The molecule has 0 aromatic heterocycles. The molecule has 9 heteroatoms. The summed E-state index contributed by atoms with van der Waals surface area (Å²) >= 11 is 6.04. The summed E-state index contributed by atoms with van der Waals surface area (Å²) in [5.74, 6) is 1.05. The Kier molecular flexibility index (Phi) is 10.7. The van der Waals surface area contributed by atoms with E-state index in [1.54, 1.807) is 39.3 Å². The van der Waals surface area contributed by atoms with Crippen LogP contribution in [0.3, 0.4) is 0 Å². The number of allylic oxidation sites excluding steroid dienone is 1. The van der Waals surface area contributed by atoms with Crippen LogP contribution in [-0.4, -0.2) is 44.4 Å². The number of amidine groups is 1. The average molecular weight is 512 g/mol. The standard InChI is InChI=1S/C16H19ClN2O2.C11H15N3O/c1-16(2,6-7-20)9-12-10-18-15(19-12)13-8-11(17)4-5-14(13)21-3;1-8(13-2)10(12)11(15)14-9-6-4-3-5-7-9/h4-5,7-8H,6,9-10H2,1-3H3;3-7,13H,12H2,1-2H3,(H,14,15)/b;10-8+. The zero-order valence-electron chi connectivity index (χ0n) is 21.4. The van der Waals surface area contributed by atoms with Crippen molar-refractivity contribution >= 4 is 41.0 Å². The van der Waals surface area contributed by atoms with Gasteiger partial charge in [0.2, 0.25) is 0 Å². The molecule has 2 aromatic rings. The number of nitrogens with zero attached hydrogens (tertiary/aromatic N) is 2. The molecule has 1 aliphatic heterocycles. The maximum absolute atomic E-state index is 11.6. The lowest BCUT2D eigenvalue weighted by atomic mass is 9.84. The van der Waals surface area contributed by atoms with Gasteiger partial charge < -0.3 is 25.9 Å². The third-order valence-electron chi connectivity index (χ3n) is 5.45. The van der Waals surface area contributed by atoms with Crippen molar-refractivity contribution in [3.8, 4) is 5.75 Å². The molecule has 192 valence electrons. The van der Waals surface area contributed by atoms with E-state index in [0.717, 1.165) is 29.7 Å². The molecule has 0 fully saturated rings. The van der Waals surface area contributed by atoms with Crippen LogP contribution in [0.15, 0.2) is 69.9 Å². The summed E-state index contributed by atoms with van der Waals surface area (Å²) in [6.07, 6.45) is 2.22. The number of amides is 1. The van der Waals surface area contributed by atoms with Gasteiger partial charge in [0.25, 0.3) is 5.91 Å². The van der Waals surface area contributed by atoms with Gasteiger partial charge in [0, 0.05) is 35.6 Å². The van der Waals surface area contributed by atoms with Crippen molar-refractivity contribution in [2.24, 2.45) is 21.1 Å². The van der Waals surface area contributed by atoms with Crippen LogP contribution in [0.25, 0.3) is 0 Å². The number of para-hydroxylation sites is 1. The number of nitrogens with one attached hydrogen (secondary N) is 2. The summed E-state index contributed by atoms with van der Waals surface area (Å²) in [6.45, 7) is 6.43. The summed E-state index contributed by atoms with van der Waals surface area (Å²) in [7, 11) is 3.33. The summed E-state index contributed by atoms with van der Waals surface area (Å²) in [5, 5.41) is 6.14. The van der Waals surface area contributed by atoms with E-state index in [9.17, 15) is 9.59 Å². The van der Waals surface area contributed by atoms with E-state index in [4.69, 9.17) is 22.1 Å². The minimum atomic E-state index is -0.298. The van der Waals surface area contributed by atoms with Crippen molar-refractivity contribution in [3.63, 3.8) is 0 Å². The smallest absolute Gasteiger partial charge is 0.273 e. The van der Waals surface area contributed by atoms with Crippen LogP contribution >= 0.6 is 11.6 Å². The molecule has 36 heavy (non-hydrogen) atoms. The van der Waals surface area contributed by atoms with Gasteiger partial charge in [-0.1, -0.05) is 43.6 Å². The summed E-state index contributed by atoms with van der Waals surface area (Å²) < 4.78 is 5.33. The average Bonchev–Trinajstić information content (AvgIpc) is 3.31. The molecule has 4 N–H and O–H groups in total. The van der Waals surface area contributed by atoms with E-state index in [1.807, 2.05) is 30.3 Å². The monoisotopic (exact) mass is 511 g/mol. The first-order valence-corrected chi connectivity index (χ1v) is 11.9. The Morgan fingerprint density at radius 3 is 2.53 bits per heavy atom. The third-order valence-corrected chi connectivity index (χ3v) is 5.69. The highest BCUT2D eigenvalue weighted by Gasteiger charge is 2.24. The highest BCUT2D eigenvalue weighted by Crippen LogP contribution is 2.28. The number of rotatable bonds is 9. The van der Waals surface area contributed by atoms with Crippen molar-refractivity contribution in [2.75, 3.05) is 26.0 Å². The van der Waals surface area contributed by atoms with Crippen LogP contribution in [0.5, 0.6) is 5.75 Å². The number of aliphatic imine (C=N–C) groups is 2. The SMILES string of the molecule is CN/C(C)=C(/N)C(=O)Nc1ccccc1.COc1ccc(Cl)cc1C1=NCC(CC(C)(C)CC=O)=N1. The van der Waals surface area contributed by atoms with E-state index in [2.05, 4.69) is 34.5 Å². The molecule has 8 nitrogen and oxygen atoms in total. The lowest BCUT2D eigenvalue weighted by molar-refractivity contribution is -0.113. The molecule has 3 rings (SSSR count). The highest BCUT2D eigenvalue weighted by atomic mass is 35.5.